The Hall–Kier alpha value is -1.90. The normalized spacial score (nSPS) is 20.5. The number of hydrogen-bond acceptors (Lipinski definition) is 6. The molecule has 1 aromatic heterocycles. The van der Waals surface area contributed by atoms with Gasteiger partial charge in [-0.25, -0.2) is 9.98 Å². The van der Waals surface area contributed by atoms with Gasteiger partial charge in [0.1, 0.15) is 5.82 Å². The minimum atomic E-state index is 0.577. The van der Waals surface area contributed by atoms with Crippen LogP contribution in [-0.4, -0.2) is 88.6 Å². The lowest BCUT2D eigenvalue weighted by atomic mass is 10.1. The van der Waals surface area contributed by atoms with Crippen molar-refractivity contribution in [2.24, 2.45) is 10.9 Å². The van der Waals surface area contributed by atoms with Crippen molar-refractivity contribution in [2.75, 3.05) is 77.6 Å². The molecule has 2 aliphatic heterocycles. The first-order chi connectivity index (χ1) is 14.7. The number of rotatable bonds is 10. The second-order valence-electron chi connectivity index (χ2n) is 8.09. The lowest BCUT2D eigenvalue weighted by molar-refractivity contribution is 0.0888. The molecule has 0 aromatic carbocycles. The Bertz CT molecular complexity index is 642. The van der Waals surface area contributed by atoms with Gasteiger partial charge in [0.25, 0.3) is 0 Å². The largest absolute Gasteiger partial charge is 0.381 e. The summed E-state index contributed by atoms with van der Waals surface area (Å²) >= 11 is 0. The van der Waals surface area contributed by atoms with Crippen LogP contribution in [-0.2, 0) is 16.0 Å². The van der Waals surface area contributed by atoms with Gasteiger partial charge in [0.2, 0.25) is 0 Å². The van der Waals surface area contributed by atoms with Crippen molar-refractivity contribution in [3.8, 4) is 0 Å². The Morgan fingerprint density at radius 1 is 1.30 bits per heavy atom. The van der Waals surface area contributed by atoms with Gasteiger partial charge in [0.15, 0.2) is 5.96 Å². The van der Waals surface area contributed by atoms with Crippen LogP contribution in [0.1, 0.15) is 25.3 Å². The molecule has 8 nitrogen and oxygen atoms in total. The smallest absolute Gasteiger partial charge is 0.191 e. The second kappa shape index (κ2) is 12.7. The summed E-state index contributed by atoms with van der Waals surface area (Å²) in [6.07, 6.45) is 3.98. The Labute approximate surface area is 181 Å². The standard InChI is InChI=1S/C22H38N6O2/c1-3-23-22(25-7-4-13-29-17-20-6-14-30-18-20)26-16-19-5-8-24-21(15-19)28-11-9-27(2)10-12-28/h5,8,15,20H,3-4,6-7,9-14,16-18H2,1-2H3,(H2,23,25,26). The third-order valence-corrected chi connectivity index (χ3v) is 5.54. The van der Waals surface area contributed by atoms with Crippen LogP contribution in [0.25, 0.3) is 0 Å². The number of anilines is 1. The molecule has 2 N–H and O–H groups in total. The molecule has 0 saturated carbocycles. The zero-order valence-corrected chi connectivity index (χ0v) is 18.6. The lowest BCUT2D eigenvalue weighted by Crippen LogP contribution is -2.44. The molecule has 0 spiro atoms. The molecule has 2 fully saturated rings. The van der Waals surface area contributed by atoms with E-state index in [2.05, 4.69) is 45.5 Å². The molecular formula is C22H38N6O2. The zero-order chi connectivity index (χ0) is 21.0. The fraction of sp³-hybridized carbons (Fsp3) is 0.727. The molecule has 0 bridgehead atoms. The van der Waals surface area contributed by atoms with Gasteiger partial charge in [-0.1, -0.05) is 0 Å². The predicted molar refractivity (Wildman–Crippen MR) is 121 cm³/mol. The molecule has 2 aliphatic rings. The number of piperazine rings is 1. The molecule has 0 aliphatic carbocycles. The van der Waals surface area contributed by atoms with E-state index in [1.54, 1.807) is 0 Å². The summed E-state index contributed by atoms with van der Waals surface area (Å²) in [6, 6.07) is 4.21. The molecular weight excluding hydrogens is 380 g/mol. The highest BCUT2D eigenvalue weighted by atomic mass is 16.5. The summed E-state index contributed by atoms with van der Waals surface area (Å²) in [7, 11) is 2.17. The summed E-state index contributed by atoms with van der Waals surface area (Å²) in [5.41, 5.74) is 1.18. The topological polar surface area (TPSA) is 74.3 Å². The van der Waals surface area contributed by atoms with E-state index in [-0.39, 0.29) is 0 Å². The zero-order valence-electron chi connectivity index (χ0n) is 18.6. The quantitative estimate of drug-likeness (QED) is 0.337. The summed E-state index contributed by atoms with van der Waals surface area (Å²) in [4.78, 5) is 14.0. The highest BCUT2D eigenvalue weighted by Crippen LogP contribution is 2.15. The molecule has 168 valence electrons. The van der Waals surface area contributed by atoms with Crippen LogP contribution in [0.5, 0.6) is 0 Å². The molecule has 1 atom stereocenters. The Morgan fingerprint density at radius 3 is 2.93 bits per heavy atom. The maximum absolute atomic E-state index is 5.77. The molecule has 30 heavy (non-hydrogen) atoms. The van der Waals surface area contributed by atoms with Gasteiger partial charge in [0.05, 0.1) is 19.8 Å². The maximum Gasteiger partial charge on any atom is 0.191 e. The van der Waals surface area contributed by atoms with E-state index in [9.17, 15) is 0 Å². The number of nitrogens with zero attached hydrogens (tertiary/aromatic N) is 4. The highest BCUT2D eigenvalue weighted by Gasteiger charge is 2.16. The molecule has 1 aromatic rings. The molecule has 3 rings (SSSR count). The number of nitrogens with one attached hydrogen (secondary N) is 2. The Morgan fingerprint density at radius 2 is 2.17 bits per heavy atom. The molecule has 0 radical (unpaired) electrons. The minimum Gasteiger partial charge on any atom is -0.381 e. The van der Waals surface area contributed by atoms with Crippen LogP contribution in [0.15, 0.2) is 23.3 Å². The first kappa shape index (κ1) is 22.8. The molecule has 0 amide bonds. The fourth-order valence-electron chi connectivity index (χ4n) is 3.63. The molecule has 1 unspecified atom stereocenters. The minimum absolute atomic E-state index is 0.577. The van der Waals surface area contributed by atoms with E-state index in [1.807, 2.05) is 12.3 Å². The Balaban J connectivity index is 1.40. The lowest BCUT2D eigenvalue weighted by Gasteiger charge is -2.33. The predicted octanol–water partition coefficient (Wildman–Crippen LogP) is 1.33. The summed E-state index contributed by atoms with van der Waals surface area (Å²) in [5, 5.41) is 6.73. The number of likely N-dealkylation sites (N-methyl/N-ethyl adjacent to an activating group) is 1. The van der Waals surface area contributed by atoms with Crippen molar-refractivity contribution >= 4 is 11.8 Å². The van der Waals surface area contributed by atoms with Crippen molar-refractivity contribution in [2.45, 2.75) is 26.3 Å². The van der Waals surface area contributed by atoms with Crippen molar-refractivity contribution in [1.82, 2.24) is 20.5 Å². The van der Waals surface area contributed by atoms with Crippen molar-refractivity contribution in [3.63, 3.8) is 0 Å². The van der Waals surface area contributed by atoms with Crippen molar-refractivity contribution in [3.05, 3.63) is 23.9 Å². The van der Waals surface area contributed by atoms with Crippen LogP contribution < -0.4 is 15.5 Å². The van der Waals surface area contributed by atoms with Gasteiger partial charge in [-0.3, -0.25) is 0 Å². The SMILES string of the molecule is CCNC(=NCc1ccnc(N2CCN(C)CC2)c1)NCCCOCC1CCOC1. The van der Waals surface area contributed by atoms with E-state index in [0.29, 0.717) is 12.5 Å². The van der Waals surface area contributed by atoms with E-state index >= 15 is 0 Å². The van der Waals surface area contributed by atoms with Gasteiger partial charge < -0.3 is 29.9 Å². The van der Waals surface area contributed by atoms with Gasteiger partial charge in [-0.15, -0.1) is 0 Å². The average Bonchev–Trinajstić information content (AvgIpc) is 3.28. The number of hydrogen-bond donors (Lipinski definition) is 2. The molecule has 2 saturated heterocycles. The van der Waals surface area contributed by atoms with Crippen LogP contribution in [0.3, 0.4) is 0 Å². The van der Waals surface area contributed by atoms with E-state index < -0.39 is 0 Å². The van der Waals surface area contributed by atoms with Gasteiger partial charge in [0, 0.05) is 64.6 Å². The van der Waals surface area contributed by atoms with E-state index in [4.69, 9.17) is 14.5 Å². The van der Waals surface area contributed by atoms with Crippen LogP contribution >= 0.6 is 0 Å². The fourth-order valence-corrected chi connectivity index (χ4v) is 3.63. The number of aliphatic imine (C=N–C) groups is 1. The van der Waals surface area contributed by atoms with Crippen molar-refractivity contribution in [1.29, 1.82) is 0 Å². The number of ether oxygens (including phenoxy) is 2. The van der Waals surface area contributed by atoms with E-state index in [1.165, 1.54) is 5.56 Å². The molecule has 8 heteroatoms. The maximum atomic E-state index is 5.77. The summed E-state index contributed by atoms with van der Waals surface area (Å²) in [5.74, 6) is 2.48. The average molecular weight is 419 g/mol. The number of guanidine groups is 1. The van der Waals surface area contributed by atoms with Gasteiger partial charge in [-0.2, -0.15) is 0 Å². The summed E-state index contributed by atoms with van der Waals surface area (Å²) in [6.45, 7) is 11.9. The van der Waals surface area contributed by atoms with Crippen LogP contribution in [0.2, 0.25) is 0 Å². The second-order valence-corrected chi connectivity index (χ2v) is 8.09. The van der Waals surface area contributed by atoms with Gasteiger partial charge >= 0.3 is 0 Å². The van der Waals surface area contributed by atoms with Crippen LogP contribution in [0, 0.1) is 5.92 Å². The molecule has 3 heterocycles. The summed E-state index contributed by atoms with van der Waals surface area (Å²) < 4.78 is 11.1. The number of pyridine rings is 1. The van der Waals surface area contributed by atoms with Gasteiger partial charge in [-0.05, 0) is 44.5 Å². The number of aromatic nitrogens is 1. The monoisotopic (exact) mass is 418 g/mol. The first-order valence-electron chi connectivity index (χ1n) is 11.3. The third kappa shape index (κ3) is 7.74. The third-order valence-electron chi connectivity index (χ3n) is 5.54. The highest BCUT2D eigenvalue weighted by molar-refractivity contribution is 5.79. The van der Waals surface area contributed by atoms with Crippen molar-refractivity contribution < 1.29 is 9.47 Å². The Kier molecular flexibility index (Phi) is 9.66. The first-order valence-corrected chi connectivity index (χ1v) is 11.3. The van der Waals surface area contributed by atoms with Crippen LogP contribution in [0.4, 0.5) is 5.82 Å². The van der Waals surface area contributed by atoms with E-state index in [0.717, 1.165) is 90.3 Å².